The Hall–Kier alpha value is -2.38. The Morgan fingerprint density at radius 1 is 0.733 bits per heavy atom. The third kappa shape index (κ3) is 3.11. The Bertz CT molecular complexity index is 1250. The molecule has 5 rings (SSSR count). The molecule has 0 fully saturated rings. The molecule has 0 bridgehead atoms. The molecular weight excluding hydrogens is 500 g/mol. The van der Waals surface area contributed by atoms with Crippen LogP contribution in [-0.4, -0.2) is 5.11 Å². The Balaban J connectivity index is 1.64. The van der Waals surface area contributed by atoms with E-state index in [1.165, 1.54) is 5.56 Å². The lowest BCUT2D eigenvalue weighted by atomic mass is 9.80. The summed E-state index contributed by atoms with van der Waals surface area (Å²) < 4.78 is 1.91. The molecule has 0 spiro atoms. The van der Waals surface area contributed by atoms with E-state index in [-0.39, 0.29) is 0 Å². The van der Waals surface area contributed by atoms with E-state index in [2.05, 4.69) is 74.3 Å². The lowest BCUT2D eigenvalue weighted by Crippen LogP contribution is -2.28. The van der Waals surface area contributed by atoms with E-state index in [9.17, 15) is 5.11 Å². The molecule has 3 heteroatoms. The average Bonchev–Trinajstić information content (AvgIpc) is 3.02. The van der Waals surface area contributed by atoms with Gasteiger partial charge in [0, 0.05) is 15.6 Å². The maximum Gasteiger partial charge on any atom is 0.142 e. The van der Waals surface area contributed by atoms with Crippen LogP contribution in [0.25, 0.3) is 11.1 Å². The number of hydrogen-bond acceptors (Lipinski definition) is 1. The smallest absolute Gasteiger partial charge is 0.142 e. The lowest BCUT2D eigenvalue weighted by Gasteiger charge is -2.29. The van der Waals surface area contributed by atoms with E-state index >= 15 is 0 Å². The van der Waals surface area contributed by atoms with Crippen molar-refractivity contribution in [3.8, 4) is 11.1 Å². The summed E-state index contributed by atoms with van der Waals surface area (Å²) in [6.07, 6.45) is 1.67. The van der Waals surface area contributed by atoms with Crippen LogP contribution in [0, 0.1) is 12.1 Å². The molecule has 1 nitrogen and oxygen atoms in total. The lowest BCUT2D eigenvalue weighted by molar-refractivity contribution is 0.129. The number of benzene rings is 3. The number of aliphatic hydroxyl groups is 1. The van der Waals surface area contributed by atoms with Crippen molar-refractivity contribution in [1.82, 2.24) is 0 Å². The summed E-state index contributed by atoms with van der Waals surface area (Å²) in [5.41, 5.74) is 6.13. The van der Waals surface area contributed by atoms with Crippen molar-refractivity contribution in [3.05, 3.63) is 128 Å². The van der Waals surface area contributed by atoms with Gasteiger partial charge in [-0.25, -0.2) is 0 Å². The first kappa shape index (κ1) is 19.6. The van der Waals surface area contributed by atoms with Crippen LogP contribution in [0.5, 0.6) is 0 Å². The molecule has 30 heavy (non-hydrogen) atoms. The first-order chi connectivity index (χ1) is 14.6. The van der Waals surface area contributed by atoms with Crippen LogP contribution < -0.4 is 0 Å². The van der Waals surface area contributed by atoms with E-state index in [4.69, 9.17) is 0 Å². The van der Waals surface area contributed by atoms with Crippen molar-refractivity contribution < 1.29 is 5.11 Å². The third-order valence-corrected chi connectivity index (χ3v) is 7.08. The Morgan fingerprint density at radius 3 is 2.27 bits per heavy atom. The quantitative estimate of drug-likeness (QED) is 0.313. The maximum absolute atomic E-state index is 12.3. The Kier molecular flexibility index (Phi) is 5.03. The number of halogens is 2. The summed E-state index contributed by atoms with van der Waals surface area (Å²) in [5, 5.41) is 12.3. The molecule has 0 aromatic heterocycles. The summed E-state index contributed by atoms with van der Waals surface area (Å²) >= 11 is 7.17. The van der Waals surface area contributed by atoms with Crippen LogP contribution in [0.1, 0.15) is 27.8 Å². The first-order valence-electron chi connectivity index (χ1n) is 9.86. The standard InChI is InChI=1S/C27H18Br2O/c28-20-15-16-22-21-9-3-5-11-24(21)27(30,25(22)17-20)23-10-4-1-7-18(23)13-14-19-8-2-6-12-26(19)29/h1-5,7-11,15-17,30H,13-14H2. The second kappa shape index (κ2) is 7.71. The molecule has 4 aromatic rings. The zero-order valence-corrected chi connectivity index (χ0v) is 19.3. The van der Waals surface area contributed by atoms with Gasteiger partial charge in [0.15, 0.2) is 0 Å². The molecule has 0 aliphatic heterocycles. The highest BCUT2D eigenvalue weighted by molar-refractivity contribution is 9.10. The highest BCUT2D eigenvalue weighted by Gasteiger charge is 2.44. The van der Waals surface area contributed by atoms with E-state index in [1.54, 1.807) is 0 Å². The van der Waals surface area contributed by atoms with Gasteiger partial charge in [0.1, 0.15) is 5.60 Å². The third-order valence-electron chi connectivity index (χ3n) is 5.88. The van der Waals surface area contributed by atoms with Gasteiger partial charge in [0.25, 0.3) is 0 Å². The van der Waals surface area contributed by atoms with Crippen molar-refractivity contribution in [2.24, 2.45) is 0 Å². The molecule has 0 amide bonds. The van der Waals surface area contributed by atoms with Gasteiger partial charge in [-0.2, -0.15) is 0 Å². The van der Waals surface area contributed by atoms with Crippen molar-refractivity contribution >= 4 is 31.9 Å². The average molecular weight is 518 g/mol. The first-order valence-corrected chi connectivity index (χ1v) is 11.4. The Labute approximate surface area is 193 Å². The van der Waals surface area contributed by atoms with E-state index in [0.717, 1.165) is 55.2 Å². The topological polar surface area (TPSA) is 20.2 Å². The molecular formula is C27H18Br2O. The van der Waals surface area contributed by atoms with Gasteiger partial charge >= 0.3 is 0 Å². The summed E-state index contributed by atoms with van der Waals surface area (Å²) in [5.74, 6) is 0. The van der Waals surface area contributed by atoms with E-state index < -0.39 is 5.60 Å². The van der Waals surface area contributed by atoms with Gasteiger partial charge in [-0.05, 0) is 80.9 Å². The van der Waals surface area contributed by atoms with Crippen molar-refractivity contribution in [2.75, 3.05) is 0 Å². The number of aryl methyl sites for hydroxylation is 2. The molecule has 0 saturated carbocycles. The fourth-order valence-electron chi connectivity index (χ4n) is 4.47. The van der Waals surface area contributed by atoms with Crippen LogP contribution in [0.3, 0.4) is 0 Å². The Morgan fingerprint density at radius 2 is 1.43 bits per heavy atom. The molecule has 0 saturated heterocycles. The minimum atomic E-state index is -1.18. The molecule has 4 aromatic carbocycles. The fraction of sp³-hybridized carbons (Fsp3) is 0.111. The zero-order valence-electron chi connectivity index (χ0n) is 16.1. The van der Waals surface area contributed by atoms with Crippen molar-refractivity contribution in [2.45, 2.75) is 18.4 Å². The molecule has 1 atom stereocenters. The molecule has 0 heterocycles. The second-order valence-corrected chi connectivity index (χ2v) is 9.25. The van der Waals surface area contributed by atoms with Gasteiger partial charge in [0.05, 0.1) is 4.47 Å². The summed E-state index contributed by atoms with van der Waals surface area (Å²) in [7, 11) is 0. The highest BCUT2D eigenvalue weighted by Crippen LogP contribution is 2.52. The van der Waals surface area contributed by atoms with Crippen molar-refractivity contribution in [3.63, 3.8) is 0 Å². The van der Waals surface area contributed by atoms with Crippen LogP contribution in [0.2, 0.25) is 0 Å². The summed E-state index contributed by atoms with van der Waals surface area (Å²) in [6, 6.07) is 32.6. The largest absolute Gasteiger partial charge is 0.376 e. The van der Waals surface area contributed by atoms with Gasteiger partial charge < -0.3 is 5.11 Å². The minimum Gasteiger partial charge on any atom is -0.376 e. The zero-order chi connectivity index (χ0) is 20.7. The van der Waals surface area contributed by atoms with Crippen LogP contribution in [0.4, 0.5) is 0 Å². The minimum absolute atomic E-state index is 0.820. The molecule has 1 unspecified atom stereocenters. The number of hydrogen-bond donors (Lipinski definition) is 1. The summed E-state index contributed by atoms with van der Waals surface area (Å²) in [4.78, 5) is 0. The predicted molar refractivity (Wildman–Crippen MR) is 127 cm³/mol. The number of fused-ring (bicyclic) bond motifs is 3. The molecule has 1 aliphatic carbocycles. The van der Waals surface area contributed by atoms with Crippen LogP contribution in [-0.2, 0) is 18.4 Å². The summed E-state index contributed by atoms with van der Waals surface area (Å²) in [6.45, 7) is 0. The van der Waals surface area contributed by atoms with Crippen LogP contribution in [0.15, 0.2) is 87.8 Å². The van der Waals surface area contributed by atoms with Crippen molar-refractivity contribution in [1.29, 1.82) is 0 Å². The molecule has 0 radical (unpaired) electrons. The molecule has 1 N–H and O–H groups in total. The monoisotopic (exact) mass is 516 g/mol. The van der Waals surface area contributed by atoms with Crippen LogP contribution >= 0.6 is 31.9 Å². The van der Waals surface area contributed by atoms with Gasteiger partial charge in [-0.15, -0.1) is 0 Å². The number of rotatable bonds is 4. The van der Waals surface area contributed by atoms with Gasteiger partial charge in [0.2, 0.25) is 0 Å². The highest BCUT2D eigenvalue weighted by atomic mass is 79.9. The van der Waals surface area contributed by atoms with Gasteiger partial charge in [-0.3, -0.25) is 0 Å². The molecule has 1 aliphatic rings. The normalized spacial score (nSPS) is 16.6. The fourth-order valence-corrected chi connectivity index (χ4v) is 5.28. The molecule has 146 valence electrons. The predicted octanol–water partition coefficient (Wildman–Crippen LogP) is 6.86. The van der Waals surface area contributed by atoms with Gasteiger partial charge in [-0.1, -0.05) is 82.7 Å². The second-order valence-electron chi connectivity index (χ2n) is 7.54. The maximum atomic E-state index is 12.3. The SMILES string of the molecule is OC1(c2ccccc2CCc2ccc#cc2Br)c2ccccc2-c2ccc(Br)cc21. The van der Waals surface area contributed by atoms with E-state index in [0.29, 0.717) is 0 Å². The van der Waals surface area contributed by atoms with E-state index in [1.807, 2.05) is 48.5 Å².